The van der Waals surface area contributed by atoms with E-state index in [0.29, 0.717) is 5.69 Å². The number of rotatable bonds is 3. The quantitative estimate of drug-likeness (QED) is 0.685. The van der Waals surface area contributed by atoms with E-state index in [-0.39, 0.29) is 16.2 Å². The van der Waals surface area contributed by atoms with Gasteiger partial charge in [-0.15, -0.1) is 0 Å². The van der Waals surface area contributed by atoms with Crippen molar-refractivity contribution in [3.63, 3.8) is 0 Å². The molecule has 1 aromatic carbocycles. The molecule has 1 saturated heterocycles. The first-order chi connectivity index (χ1) is 8.08. The fourth-order valence-electron chi connectivity index (χ4n) is 1.67. The lowest BCUT2D eigenvalue weighted by atomic mass is 10.2. The lowest BCUT2D eigenvalue weighted by molar-refractivity contribution is -0.384. The third kappa shape index (κ3) is 2.90. The minimum Gasteiger partial charge on any atom is -0.376 e. The highest BCUT2D eigenvalue weighted by molar-refractivity contribution is 9.10. The fourth-order valence-corrected chi connectivity index (χ4v) is 3.17. The maximum Gasteiger partial charge on any atom is 0.295 e. The van der Waals surface area contributed by atoms with Crippen molar-refractivity contribution in [3.8, 4) is 0 Å². The molecule has 0 amide bonds. The Morgan fingerprint density at radius 3 is 2.94 bits per heavy atom. The Bertz CT molecular complexity index is 452. The highest BCUT2D eigenvalue weighted by Crippen LogP contribution is 2.32. The second-order valence-corrected chi connectivity index (χ2v) is 5.75. The van der Waals surface area contributed by atoms with Gasteiger partial charge in [-0.2, -0.15) is 11.8 Å². The van der Waals surface area contributed by atoms with E-state index in [1.165, 1.54) is 6.07 Å². The summed E-state index contributed by atoms with van der Waals surface area (Å²) in [5, 5.41) is 13.9. The molecule has 1 aliphatic rings. The average Bonchev–Trinajstić information content (AvgIpc) is 2.75. The predicted molar refractivity (Wildman–Crippen MR) is 70.1 cm³/mol. The standard InChI is InChI=1S/C10H10BrFN2O2S/c11-7-3-9(13-6-1-2-17-5-6)10(14(15)16)4-8(7)12/h3-4,6,13H,1-2,5H2. The molecule has 1 aromatic rings. The van der Waals surface area contributed by atoms with Crippen LogP contribution in [0.4, 0.5) is 15.8 Å². The van der Waals surface area contributed by atoms with Gasteiger partial charge < -0.3 is 5.32 Å². The van der Waals surface area contributed by atoms with Gasteiger partial charge in [0.1, 0.15) is 11.5 Å². The van der Waals surface area contributed by atoms with E-state index in [2.05, 4.69) is 21.2 Å². The van der Waals surface area contributed by atoms with Crippen molar-refractivity contribution < 1.29 is 9.31 Å². The Kier molecular flexibility index (Phi) is 3.88. The van der Waals surface area contributed by atoms with Crippen LogP contribution in [0, 0.1) is 15.9 Å². The predicted octanol–water partition coefficient (Wildman–Crippen LogP) is 3.41. The molecule has 1 fully saturated rings. The summed E-state index contributed by atoms with van der Waals surface area (Å²) in [6, 6.07) is 2.58. The maximum atomic E-state index is 13.2. The van der Waals surface area contributed by atoms with Crippen molar-refractivity contribution in [2.24, 2.45) is 0 Å². The fraction of sp³-hybridized carbons (Fsp3) is 0.400. The molecule has 4 nitrogen and oxygen atoms in total. The zero-order chi connectivity index (χ0) is 12.4. The minimum absolute atomic E-state index is 0.219. The second-order valence-electron chi connectivity index (χ2n) is 3.75. The zero-order valence-electron chi connectivity index (χ0n) is 8.78. The maximum absolute atomic E-state index is 13.2. The van der Waals surface area contributed by atoms with Gasteiger partial charge in [-0.25, -0.2) is 4.39 Å². The molecule has 0 aromatic heterocycles. The first-order valence-electron chi connectivity index (χ1n) is 5.05. The molecule has 17 heavy (non-hydrogen) atoms. The van der Waals surface area contributed by atoms with Crippen molar-refractivity contribution >= 4 is 39.1 Å². The molecule has 7 heteroatoms. The third-order valence-corrected chi connectivity index (χ3v) is 4.29. The number of nitro groups is 1. The van der Waals surface area contributed by atoms with Crippen LogP contribution < -0.4 is 5.32 Å². The lowest BCUT2D eigenvalue weighted by Gasteiger charge is -2.13. The monoisotopic (exact) mass is 320 g/mol. The smallest absolute Gasteiger partial charge is 0.295 e. The minimum atomic E-state index is -0.622. The van der Waals surface area contributed by atoms with E-state index in [1.807, 2.05) is 0 Å². The van der Waals surface area contributed by atoms with Crippen molar-refractivity contribution in [1.29, 1.82) is 0 Å². The first kappa shape index (κ1) is 12.6. The van der Waals surface area contributed by atoms with Gasteiger partial charge in [-0.05, 0) is 34.2 Å². The largest absolute Gasteiger partial charge is 0.376 e. The van der Waals surface area contributed by atoms with Crippen molar-refractivity contribution in [3.05, 3.63) is 32.5 Å². The number of thioether (sulfide) groups is 1. The van der Waals surface area contributed by atoms with Gasteiger partial charge in [0.15, 0.2) is 0 Å². The topological polar surface area (TPSA) is 55.2 Å². The van der Waals surface area contributed by atoms with Crippen LogP contribution in [0.25, 0.3) is 0 Å². The number of hydrogen-bond acceptors (Lipinski definition) is 4. The van der Waals surface area contributed by atoms with Crippen molar-refractivity contribution in [1.82, 2.24) is 0 Å². The van der Waals surface area contributed by atoms with Gasteiger partial charge in [0.2, 0.25) is 0 Å². The highest BCUT2D eigenvalue weighted by Gasteiger charge is 2.22. The van der Waals surface area contributed by atoms with Gasteiger partial charge in [0.25, 0.3) is 5.69 Å². The Hall–Kier alpha value is -0.820. The molecule has 0 bridgehead atoms. The summed E-state index contributed by atoms with van der Waals surface area (Å²) in [7, 11) is 0. The Morgan fingerprint density at radius 1 is 1.59 bits per heavy atom. The molecule has 1 atom stereocenters. The van der Waals surface area contributed by atoms with Crippen LogP contribution in [0.1, 0.15) is 6.42 Å². The number of benzene rings is 1. The molecular formula is C10H10BrFN2O2S. The number of halogens is 2. The van der Waals surface area contributed by atoms with Crippen molar-refractivity contribution in [2.45, 2.75) is 12.5 Å². The molecule has 1 heterocycles. The van der Waals surface area contributed by atoms with E-state index >= 15 is 0 Å². The summed E-state index contributed by atoms with van der Waals surface area (Å²) < 4.78 is 13.5. The van der Waals surface area contributed by atoms with Crippen LogP contribution in [-0.4, -0.2) is 22.5 Å². The number of nitrogens with zero attached hydrogens (tertiary/aromatic N) is 1. The van der Waals surface area contributed by atoms with Crippen molar-refractivity contribution in [2.75, 3.05) is 16.8 Å². The molecule has 1 aliphatic heterocycles. The molecular weight excluding hydrogens is 311 g/mol. The summed E-state index contributed by atoms with van der Waals surface area (Å²) in [5.41, 5.74) is 0.151. The van der Waals surface area contributed by atoms with E-state index in [9.17, 15) is 14.5 Å². The second kappa shape index (κ2) is 5.22. The molecule has 92 valence electrons. The van der Waals surface area contributed by atoms with E-state index in [0.717, 1.165) is 24.0 Å². The lowest BCUT2D eigenvalue weighted by Crippen LogP contribution is -2.19. The van der Waals surface area contributed by atoms with E-state index < -0.39 is 10.7 Å². The Morgan fingerprint density at radius 2 is 2.35 bits per heavy atom. The van der Waals surface area contributed by atoms with Crippen LogP contribution in [0.3, 0.4) is 0 Å². The number of nitrogens with one attached hydrogen (secondary N) is 1. The Labute approximate surface area is 110 Å². The summed E-state index contributed by atoms with van der Waals surface area (Å²) in [6.45, 7) is 0. The summed E-state index contributed by atoms with van der Waals surface area (Å²) in [5.74, 6) is 1.35. The highest BCUT2D eigenvalue weighted by atomic mass is 79.9. The molecule has 0 spiro atoms. The van der Waals surface area contributed by atoms with Crippen LogP contribution in [0.2, 0.25) is 0 Å². The van der Waals surface area contributed by atoms with Gasteiger partial charge in [-0.1, -0.05) is 0 Å². The molecule has 0 aliphatic carbocycles. The van der Waals surface area contributed by atoms with Gasteiger partial charge in [-0.3, -0.25) is 10.1 Å². The normalized spacial score (nSPS) is 19.3. The molecule has 1 unspecified atom stereocenters. The molecule has 1 N–H and O–H groups in total. The number of anilines is 1. The summed E-state index contributed by atoms with van der Waals surface area (Å²) in [6.07, 6.45) is 0.969. The zero-order valence-corrected chi connectivity index (χ0v) is 11.2. The van der Waals surface area contributed by atoms with E-state index in [4.69, 9.17) is 0 Å². The van der Waals surface area contributed by atoms with Crippen LogP contribution >= 0.6 is 27.7 Å². The van der Waals surface area contributed by atoms with Gasteiger partial charge in [0, 0.05) is 11.8 Å². The number of nitro benzene ring substituents is 1. The van der Waals surface area contributed by atoms with E-state index in [1.54, 1.807) is 11.8 Å². The Balaban J connectivity index is 2.29. The molecule has 0 radical (unpaired) electrons. The third-order valence-electron chi connectivity index (χ3n) is 2.52. The summed E-state index contributed by atoms with van der Waals surface area (Å²) in [4.78, 5) is 10.3. The first-order valence-corrected chi connectivity index (χ1v) is 7.00. The molecule has 2 rings (SSSR count). The van der Waals surface area contributed by atoms with Gasteiger partial charge in [0.05, 0.1) is 15.5 Å². The summed E-state index contributed by atoms with van der Waals surface area (Å²) >= 11 is 4.84. The molecule has 0 saturated carbocycles. The SMILES string of the molecule is O=[N+]([O-])c1cc(F)c(Br)cc1NC1CCSC1. The van der Waals surface area contributed by atoms with Gasteiger partial charge >= 0.3 is 0 Å². The average molecular weight is 321 g/mol. The van der Waals surface area contributed by atoms with Crippen LogP contribution in [0.5, 0.6) is 0 Å². The van der Waals surface area contributed by atoms with Crippen LogP contribution in [0.15, 0.2) is 16.6 Å². The van der Waals surface area contributed by atoms with Crippen LogP contribution in [-0.2, 0) is 0 Å². The number of hydrogen-bond donors (Lipinski definition) is 1.